The SMILES string of the molecule is Cc1ccc2c(c1)Pc1c(cccc1Oc1ccnc3nn(C)nc13)O2. The van der Waals surface area contributed by atoms with Crippen LogP contribution in [0.1, 0.15) is 5.56 Å². The second-order valence-electron chi connectivity index (χ2n) is 6.13. The van der Waals surface area contributed by atoms with Gasteiger partial charge in [-0.1, -0.05) is 17.7 Å². The molecule has 26 heavy (non-hydrogen) atoms. The number of hydrogen-bond donors (Lipinski definition) is 0. The van der Waals surface area contributed by atoms with Crippen molar-refractivity contribution in [1.29, 1.82) is 0 Å². The van der Waals surface area contributed by atoms with Crippen LogP contribution < -0.4 is 20.1 Å². The third-order valence-electron chi connectivity index (χ3n) is 4.17. The smallest absolute Gasteiger partial charge is 0.205 e. The molecule has 0 saturated heterocycles. The normalized spacial score (nSPS) is 13.3. The quantitative estimate of drug-likeness (QED) is 0.451. The summed E-state index contributed by atoms with van der Waals surface area (Å²) in [7, 11) is 2.23. The molecule has 0 aliphatic carbocycles. The Labute approximate surface area is 151 Å². The Morgan fingerprint density at radius 2 is 1.96 bits per heavy atom. The Bertz CT molecular complexity index is 1160. The zero-order valence-corrected chi connectivity index (χ0v) is 15.2. The lowest BCUT2D eigenvalue weighted by atomic mass is 10.2. The van der Waals surface area contributed by atoms with Crippen molar-refractivity contribution in [3.8, 4) is 23.0 Å². The Hall–Kier alpha value is -2.98. The molecule has 1 aliphatic rings. The Morgan fingerprint density at radius 1 is 1.04 bits per heavy atom. The lowest BCUT2D eigenvalue weighted by Crippen LogP contribution is -2.17. The van der Waals surface area contributed by atoms with Crippen LogP contribution in [0.3, 0.4) is 0 Å². The van der Waals surface area contributed by atoms with E-state index in [1.165, 1.54) is 15.7 Å². The van der Waals surface area contributed by atoms with E-state index in [2.05, 4.69) is 34.2 Å². The van der Waals surface area contributed by atoms with Gasteiger partial charge in [-0.25, -0.2) is 4.98 Å². The van der Waals surface area contributed by atoms with Gasteiger partial charge in [0.25, 0.3) is 0 Å². The molecule has 6 nitrogen and oxygen atoms in total. The van der Waals surface area contributed by atoms with Gasteiger partial charge >= 0.3 is 0 Å². The summed E-state index contributed by atoms with van der Waals surface area (Å²) >= 11 is 0. The number of fused-ring (bicyclic) bond motifs is 3. The van der Waals surface area contributed by atoms with Crippen molar-refractivity contribution in [2.24, 2.45) is 7.05 Å². The maximum Gasteiger partial charge on any atom is 0.205 e. The van der Waals surface area contributed by atoms with E-state index in [4.69, 9.17) is 9.47 Å². The van der Waals surface area contributed by atoms with Crippen molar-refractivity contribution in [2.45, 2.75) is 6.92 Å². The first kappa shape index (κ1) is 15.3. The van der Waals surface area contributed by atoms with Gasteiger partial charge in [-0.3, -0.25) is 0 Å². The average Bonchev–Trinajstić information content (AvgIpc) is 3.02. The van der Waals surface area contributed by atoms with Gasteiger partial charge in [-0.15, -0.1) is 10.2 Å². The number of nitrogens with zero attached hydrogens (tertiary/aromatic N) is 4. The van der Waals surface area contributed by atoms with Crippen LogP contribution in [0, 0.1) is 6.92 Å². The molecular formula is C19H15N4O2P. The first-order valence-corrected chi connectivity index (χ1v) is 9.20. The van der Waals surface area contributed by atoms with E-state index in [9.17, 15) is 0 Å². The van der Waals surface area contributed by atoms with Crippen molar-refractivity contribution >= 4 is 30.4 Å². The van der Waals surface area contributed by atoms with Crippen LogP contribution >= 0.6 is 8.58 Å². The van der Waals surface area contributed by atoms with Gasteiger partial charge in [0, 0.05) is 24.6 Å². The molecule has 0 spiro atoms. The van der Waals surface area contributed by atoms with Crippen LogP contribution in [-0.2, 0) is 7.05 Å². The number of aryl methyl sites for hydroxylation is 2. The minimum Gasteiger partial charge on any atom is -0.456 e. The molecule has 0 amide bonds. The summed E-state index contributed by atoms with van der Waals surface area (Å²) in [6.07, 6.45) is 1.68. The largest absolute Gasteiger partial charge is 0.456 e. The van der Waals surface area contributed by atoms with Gasteiger partial charge in [0.1, 0.15) is 17.2 Å². The molecule has 0 N–H and O–H groups in total. The molecule has 0 radical (unpaired) electrons. The third-order valence-corrected chi connectivity index (χ3v) is 5.58. The maximum atomic E-state index is 6.22. The molecule has 3 heterocycles. The summed E-state index contributed by atoms with van der Waals surface area (Å²) in [5.41, 5.74) is 2.43. The molecule has 128 valence electrons. The molecule has 1 aliphatic heterocycles. The van der Waals surface area contributed by atoms with E-state index >= 15 is 0 Å². The molecule has 2 aromatic carbocycles. The lowest BCUT2D eigenvalue weighted by Gasteiger charge is -2.22. The number of ether oxygens (including phenoxy) is 2. The van der Waals surface area contributed by atoms with Crippen LogP contribution in [0.2, 0.25) is 0 Å². The monoisotopic (exact) mass is 362 g/mol. The van der Waals surface area contributed by atoms with Crippen molar-refractivity contribution < 1.29 is 9.47 Å². The highest BCUT2D eigenvalue weighted by atomic mass is 31.1. The summed E-state index contributed by atoms with van der Waals surface area (Å²) in [6.45, 7) is 2.09. The van der Waals surface area contributed by atoms with Gasteiger partial charge in [0.2, 0.25) is 5.65 Å². The van der Waals surface area contributed by atoms with E-state index in [0.717, 1.165) is 22.6 Å². The van der Waals surface area contributed by atoms with Crippen LogP contribution in [-0.4, -0.2) is 20.0 Å². The minimum absolute atomic E-state index is 0.466. The number of pyridine rings is 1. The van der Waals surface area contributed by atoms with E-state index in [1.54, 1.807) is 19.3 Å². The Balaban J connectivity index is 1.57. The highest BCUT2D eigenvalue weighted by molar-refractivity contribution is 7.56. The topological polar surface area (TPSA) is 62.1 Å². The van der Waals surface area contributed by atoms with Gasteiger partial charge in [0.15, 0.2) is 11.3 Å². The van der Waals surface area contributed by atoms with E-state index in [1.807, 2.05) is 24.3 Å². The van der Waals surface area contributed by atoms with Gasteiger partial charge in [-0.05, 0) is 39.8 Å². The zero-order chi connectivity index (χ0) is 17.7. The predicted octanol–water partition coefficient (Wildman–Crippen LogP) is 3.20. The second-order valence-corrected chi connectivity index (χ2v) is 7.42. The van der Waals surface area contributed by atoms with Gasteiger partial charge in [-0.2, -0.15) is 4.80 Å². The summed E-state index contributed by atoms with van der Waals surface area (Å²) in [5, 5.41) is 10.8. The average molecular weight is 362 g/mol. The first-order chi connectivity index (χ1) is 12.7. The Morgan fingerprint density at radius 3 is 2.88 bits per heavy atom. The zero-order valence-electron chi connectivity index (χ0n) is 14.2. The van der Waals surface area contributed by atoms with Gasteiger partial charge in [0.05, 0.1) is 5.30 Å². The fourth-order valence-electron chi connectivity index (χ4n) is 2.99. The molecule has 0 bridgehead atoms. The van der Waals surface area contributed by atoms with Crippen molar-refractivity contribution in [2.75, 3.05) is 0 Å². The number of rotatable bonds is 2. The van der Waals surface area contributed by atoms with Crippen LogP contribution in [0.5, 0.6) is 23.0 Å². The number of aromatic nitrogens is 4. The molecule has 7 heteroatoms. The summed E-state index contributed by atoms with van der Waals surface area (Å²) < 4.78 is 12.3. The molecule has 5 rings (SSSR count). The highest BCUT2D eigenvalue weighted by Gasteiger charge is 2.21. The second kappa shape index (κ2) is 5.78. The predicted molar refractivity (Wildman–Crippen MR) is 102 cm³/mol. The summed E-state index contributed by atoms with van der Waals surface area (Å²) in [4.78, 5) is 5.73. The highest BCUT2D eigenvalue weighted by Crippen LogP contribution is 2.38. The maximum absolute atomic E-state index is 6.22. The molecule has 1 unspecified atom stereocenters. The third kappa shape index (κ3) is 2.50. The molecule has 1 atom stereocenters. The minimum atomic E-state index is 0.466. The number of benzene rings is 2. The fourth-order valence-corrected chi connectivity index (χ4v) is 4.33. The lowest BCUT2D eigenvalue weighted by molar-refractivity contribution is 0.469. The van der Waals surface area contributed by atoms with Crippen LogP contribution in [0.25, 0.3) is 11.2 Å². The molecule has 4 aromatic rings. The fraction of sp³-hybridized carbons (Fsp3) is 0.105. The standard InChI is InChI=1S/C19H15N4O2P/c1-11-6-7-12-16(10-11)26-18-14(24-12)4-3-5-15(18)25-13-8-9-20-19-17(13)21-23(2)22-19/h3-10,26H,1-2H3. The van der Waals surface area contributed by atoms with E-state index in [-0.39, 0.29) is 0 Å². The molecular weight excluding hydrogens is 347 g/mol. The number of hydrogen-bond acceptors (Lipinski definition) is 5. The first-order valence-electron chi connectivity index (χ1n) is 8.20. The van der Waals surface area contributed by atoms with E-state index < -0.39 is 0 Å². The van der Waals surface area contributed by atoms with Crippen molar-refractivity contribution in [3.05, 3.63) is 54.2 Å². The van der Waals surface area contributed by atoms with Crippen LogP contribution in [0.15, 0.2) is 48.7 Å². The molecule has 2 aromatic heterocycles. The Kier molecular flexibility index (Phi) is 3.40. The molecule has 0 fully saturated rings. The summed E-state index contributed by atoms with van der Waals surface area (Å²) in [5.74, 6) is 3.16. The van der Waals surface area contributed by atoms with E-state index in [0.29, 0.717) is 25.5 Å². The molecule has 0 saturated carbocycles. The summed E-state index contributed by atoms with van der Waals surface area (Å²) in [6, 6.07) is 13.9. The van der Waals surface area contributed by atoms with Crippen molar-refractivity contribution in [1.82, 2.24) is 20.0 Å². The van der Waals surface area contributed by atoms with Gasteiger partial charge < -0.3 is 9.47 Å². The van der Waals surface area contributed by atoms with Crippen LogP contribution in [0.4, 0.5) is 0 Å². The van der Waals surface area contributed by atoms with Crippen molar-refractivity contribution in [3.63, 3.8) is 0 Å².